The second-order valence-corrected chi connectivity index (χ2v) is 8.47. The zero-order valence-corrected chi connectivity index (χ0v) is 18.2. The number of benzene rings is 1. The van der Waals surface area contributed by atoms with E-state index in [2.05, 4.69) is 15.6 Å². The van der Waals surface area contributed by atoms with Gasteiger partial charge in [0.25, 0.3) is 5.91 Å². The molecule has 0 radical (unpaired) electrons. The summed E-state index contributed by atoms with van der Waals surface area (Å²) in [7, 11) is 3.92. The highest BCUT2D eigenvalue weighted by Gasteiger charge is 2.32. The normalized spacial score (nSPS) is 19.0. The van der Waals surface area contributed by atoms with E-state index in [0.717, 1.165) is 61.9 Å². The molecule has 1 aromatic heterocycles. The number of halogens is 4. The summed E-state index contributed by atoms with van der Waals surface area (Å²) < 4.78 is 38.8. The minimum Gasteiger partial charge on any atom is -0.376 e. The van der Waals surface area contributed by atoms with E-state index >= 15 is 0 Å². The van der Waals surface area contributed by atoms with Crippen LogP contribution in [0.5, 0.6) is 0 Å². The molecule has 1 amide bonds. The van der Waals surface area contributed by atoms with Crippen molar-refractivity contribution < 1.29 is 18.0 Å². The summed E-state index contributed by atoms with van der Waals surface area (Å²) in [5.74, 6) is 0.698. The number of amides is 1. The van der Waals surface area contributed by atoms with E-state index < -0.39 is 17.6 Å². The minimum atomic E-state index is -4.52. The first-order valence-corrected chi connectivity index (χ1v) is 10.6. The molecule has 0 atom stereocenters. The van der Waals surface area contributed by atoms with Gasteiger partial charge >= 0.3 is 6.18 Å². The third-order valence-electron chi connectivity index (χ3n) is 5.56. The summed E-state index contributed by atoms with van der Waals surface area (Å²) in [4.78, 5) is 18.9. The average Bonchev–Trinajstić information content (AvgIpc) is 2.73. The van der Waals surface area contributed by atoms with Gasteiger partial charge in [-0.3, -0.25) is 4.79 Å². The van der Waals surface area contributed by atoms with Crippen LogP contribution in [0.25, 0.3) is 0 Å². The highest BCUT2D eigenvalue weighted by atomic mass is 35.5. The Kier molecular flexibility index (Phi) is 7.30. The highest BCUT2D eigenvalue weighted by molar-refractivity contribution is 6.33. The van der Waals surface area contributed by atoms with Crippen LogP contribution in [0, 0.1) is 5.92 Å². The van der Waals surface area contributed by atoms with E-state index in [-0.39, 0.29) is 16.6 Å². The highest BCUT2D eigenvalue weighted by Crippen LogP contribution is 2.32. The summed E-state index contributed by atoms with van der Waals surface area (Å²) in [6.45, 7) is 0.786. The molecule has 9 heteroatoms. The molecule has 5 nitrogen and oxygen atoms in total. The second-order valence-electron chi connectivity index (χ2n) is 8.06. The lowest BCUT2D eigenvalue weighted by Crippen LogP contribution is -2.38. The van der Waals surface area contributed by atoms with Crippen molar-refractivity contribution in [2.45, 2.75) is 37.9 Å². The average molecular weight is 455 g/mol. The largest absolute Gasteiger partial charge is 0.416 e. The molecule has 0 bridgehead atoms. The fraction of sp³-hybridized carbons (Fsp3) is 0.455. The lowest BCUT2D eigenvalue weighted by Gasteiger charge is -2.29. The number of anilines is 2. The van der Waals surface area contributed by atoms with Gasteiger partial charge in [-0.1, -0.05) is 11.6 Å². The molecule has 168 valence electrons. The van der Waals surface area contributed by atoms with Gasteiger partial charge in [0.05, 0.1) is 28.0 Å². The Morgan fingerprint density at radius 2 is 1.87 bits per heavy atom. The molecule has 0 saturated heterocycles. The van der Waals surface area contributed by atoms with Crippen molar-refractivity contribution in [2.24, 2.45) is 5.92 Å². The molecular weight excluding hydrogens is 429 g/mol. The second kappa shape index (κ2) is 9.77. The van der Waals surface area contributed by atoms with Crippen molar-refractivity contribution in [3.8, 4) is 0 Å². The molecule has 1 fully saturated rings. The molecule has 2 N–H and O–H groups in total. The third kappa shape index (κ3) is 6.26. The van der Waals surface area contributed by atoms with Gasteiger partial charge in [-0.25, -0.2) is 4.98 Å². The van der Waals surface area contributed by atoms with Crippen LogP contribution < -0.4 is 15.5 Å². The van der Waals surface area contributed by atoms with Gasteiger partial charge in [-0.05, 0) is 61.9 Å². The number of hydrogen-bond acceptors (Lipinski definition) is 4. The van der Waals surface area contributed by atoms with Gasteiger partial charge in [0.1, 0.15) is 5.82 Å². The fourth-order valence-corrected chi connectivity index (χ4v) is 3.86. The van der Waals surface area contributed by atoms with Crippen molar-refractivity contribution in [2.75, 3.05) is 30.9 Å². The van der Waals surface area contributed by atoms with Gasteiger partial charge in [-0.15, -0.1) is 0 Å². The maximum absolute atomic E-state index is 12.9. The Morgan fingerprint density at radius 1 is 1.16 bits per heavy atom. The molecule has 1 saturated carbocycles. The summed E-state index contributed by atoms with van der Waals surface area (Å²) in [5.41, 5.74) is -0.000688. The van der Waals surface area contributed by atoms with Gasteiger partial charge in [-0.2, -0.15) is 13.2 Å². The smallest absolute Gasteiger partial charge is 0.376 e. The van der Waals surface area contributed by atoms with Crippen LogP contribution in [0.3, 0.4) is 0 Å². The van der Waals surface area contributed by atoms with Crippen LogP contribution in [0.4, 0.5) is 24.7 Å². The maximum atomic E-state index is 12.9. The first-order valence-electron chi connectivity index (χ1n) is 10.2. The predicted octanol–water partition coefficient (Wildman–Crippen LogP) is 5.22. The van der Waals surface area contributed by atoms with E-state index in [1.807, 2.05) is 37.3 Å². The third-order valence-corrected chi connectivity index (χ3v) is 5.89. The van der Waals surface area contributed by atoms with Crippen molar-refractivity contribution in [1.82, 2.24) is 10.3 Å². The summed E-state index contributed by atoms with van der Waals surface area (Å²) >= 11 is 5.96. The predicted molar refractivity (Wildman–Crippen MR) is 117 cm³/mol. The lowest BCUT2D eigenvalue weighted by molar-refractivity contribution is -0.137. The lowest BCUT2D eigenvalue weighted by atomic mass is 9.86. The Hall–Kier alpha value is -2.48. The Morgan fingerprint density at radius 3 is 2.45 bits per heavy atom. The fourth-order valence-electron chi connectivity index (χ4n) is 3.65. The van der Waals surface area contributed by atoms with Gasteiger partial charge in [0, 0.05) is 26.7 Å². The molecule has 1 heterocycles. The summed E-state index contributed by atoms with van der Waals surface area (Å²) in [5, 5.41) is 6.20. The van der Waals surface area contributed by atoms with Crippen molar-refractivity contribution in [3.63, 3.8) is 0 Å². The van der Waals surface area contributed by atoms with Crippen molar-refractivity contribution in [1.29, 1.82) is 0 Å². The molecule has 2 aromatic rings. The van der Waals surface area contributed by atoms with E-state index in [0.29, 0.717) is 5.92 Å². The van der Waals surface area contributed by atoms with Crippen LogP contribution in [0.15, 0.2) is 36.5 Å². The van der Waals surface area contributed by atoms with Crippen molar-refractivity contribution in [3.05, 3.63) is 52.7 Å². The van der Waals surface area contributed by atoms with Crippen LogP contribution in [0.1, 0.15) is 41.6 Å². The number of rotatable bonds is 6. The molecule has 0 aliphatic heterocycles. The van der Waals surface area contributed by atoms with Gasteiger partial charge in [0.15, 0.2) is 0 Å². The number of hydrogen-bond donors (Lipinski definition) is 2. The SMILES string of the molecule is CN(C)c1ccc(NCC2CCC(NC(=O)c3cc(C(F)(F)F)ccc3Cl)CC2)nc1. The van der Waals surface area contributed by atoms with E-state index in [1.54, 1.807) is 0 Å². The molecule has 31 heavy (non-hydrogen) atoms. The first kappa shape index (κ1) is 23.2. The Bertz CT molecular complexity index is 895. The van der Waals surface area contributed by atoms with Gasteiger partial charge < -0.3 is 15.5 Å². The standard InChI is InChI=1S/C22H26ClF3N4O/c1-30(2)17-8-10-20(28-13-17)27-12-14-3-6-16(7-4-14)29-21(31)18-11-15(22(24,25)26)5-9-19(18)23/h5,8-11,13-14,16H,3-4,6-7,12H2,1-2H3,(H,27,28)(H,29,31). The van der Waals surface area contributed by atoms with E-state index in [1.165, 1.54) is 0 Å². The molecule has 0 spiro atoms. The molecule has 1 aliphatic rings. The van der Waals surface area contributed by atoms with Crippen LogP contribution in [-0.2, 0) is 6.18 Å². The van der Waals surface area contributed by atoms with Gasteiger partial charge in [0.2, 0.25) is 0 Å². The van der Waals surface area contributed by atoms with E-state index in [4.69, 9.17) is 11.6 Å². The quantitative estimate of drug-likeness (QED) is 0.628. The zero-order valence-electron chi connectivity index (χ0n) is 17.5. The number of aromatic nitrogens is 1. The number of nitrogens with zero attached hydrogens (tertiary/aromatic N) is 2. The number of nitrogens with one attached hydrogen (secondary N) is 2. The maximum Gasteiger partial charge on any atom is 0.416 e. The Balaban J connectivity index is 1.48. The number of carbonyl (C=O) groups excluding carboxylic acids is 1. The number of carbonyl (C=O) groups is 1. The summed E-state index contributed by atoms with van der Waals surface area (Å²) in [6.07, 6.45) is 0.636. The molecular formula is C22H26ClF3N4O. The zero-order chi connectivity index (χ0) is 22.6. The summed E-state index contributed by atoms with van der Waals surface area (Å²) in [6, 6.07) is 6.66. The van der Waals surface area contributed by atoms with Crippen LogP contribution in [-0.4, -0.2) is 37.6 Å². The minimum absolute atomic E-state index is 0.0103. The molecule has 3 rings (SSSR count). The van der Waals surface area contributed by atoms with Crippen molar-refractivity contribution >= 4 is 29.0 Å². The first-order chi connectivity index (χ1) is 14.6. The van der Waals surface area contributed by atoms with E-state index in [9.17, 15) is 18.0 Å². The molecule has 0 unspecified atom stereocenters. The number of pyridine rings is 1. The Labute approximate surface area is 185 Å². The number of alkyl halides is 3. The molecule has 1 aromatic carbocycles. The topological polar surface area (TPSA) is 57.3 Å². The monoisotopic (exact) mass is 454 g/mol. The molecule has 1 aliphatic carbocycles. The van der Waals surface area contributed by atoms with Crippen LogP contribution >= 0.6 is 11.6 Å². The van der Waals surface area contributed by atoms with Crippen LogP contribution in [0.2, 0.25) is 5.02 Å².